The first-order valence-corrected chi connectivity index (χ1v) is 9.31. The van der Waals surface area contributed by atoms with Gasteiger partial charge < -0.3 is 5.11 Å². The Labute approximate surface area is 156 Å². The summed E-state index contributed by atoms with van der Waals surface area (Å²) in [5, 5.41) is 20.6. The summed E-state index contributed by atoms with van der Waals surface area (Å²) in [6.45, 7) is 0. The number of nitro groups is 1. The molecule has 0 heterocycles. The van der Waals surface area contributed by atoms with Crippen LogP contribution in [0.5, 0.6) is 0 Å². The van der Waals surface area contributed by atoms with Crippen molar-refractivity contribution in [3.63, 3.8) is 0 Å². The van der Waals surface area contributed by atoms with Crippen LogP contribution in [-0.2, 0) is 20.8 Å². The number of nitro benzene ring substituents is 1. The molecule has 148 valence electrons. The zero-order chi connectivity index (χ0) is 21.3. The molecule has 0 unspecified atom stereocenters. The van der Waals surface area contributed by atoms with E-state index in [0.717, 1.165) is 12.3 Å². The summed E-state index contributed by atoms with van der Waals surface area (Å²) in [6, 6.07) is 6.49. The zero-order valence-electron chi connectivity index (χ0n) is 14.1. The molecular formula is C17H12F3NO6S. The van der Waals surface area contributed by atoms with Gasteiger partial charge in [0.15, 0.2) is 9.84 Å². The van der Waals surface area contributed by atoms with Gasteiger partial charge in [0.1, 0.15) is 0 Å². The molecule has 0 aliphatic carbocycles. The molecule has 0 aliphatic heterocycles. The molecule has 28 heavy (non-hydrogen) atoms. The summed E-state index contributed by atoms with van der Waals surface area (Å²) in [4.78, 5) is 21.6. The molecule has 2 rings (SSSR count). The predicted octanol–water partition coefficient (Wildman–Crippen LogP) is 3.64. The molecule has 0 amide bonds. The SMILES string of the molecule is CS(=O)(=O)c1ccc(/C=C(/C(=O)O)c2ccc(C(F)(F)F)cc2[N+](=O)[O-])cc1. The van der Waals surface area contributed by atoms with Crippen molar-refractivity contribution >= 4 is 33.1 Å². The number of carboxylic acids is 1. The van der Waals surface area contributed by atoms with E-state index in [-0.39, 0.29) is 16.5 Å². The maximum atomic E-state index is 12.8. The number of carbonyl (C=O) groups is 1. The quantitative estimate of drug-likeness (QED) is 0.345. The third kappa shape index (κ3) is 4.74. The van der Waals surface area contributed by atoms with Crippen LogP contribution in [0.25, 0.3) is 11.6 Å². The van der Waals surface area contributed by atoms with Crippen LogP contribution >= 0.6 is 0 Å². The Morgan fingerprint density at radius 2 is 1.71 bits per heavy atom. The molecule has 0 spiro atoms. The van der Waals surface area contributed by atoms with Crippen molar-refractivity contribution in [1.82, 2.24) is 0 Å². The maximum absolute atomic E-state index is 12.8. The molecule has 2 aromatic rings. The summed E-state index contributed by atoms with van der Waals surface area (Å²) in [5.74, 6) is -1.60. The zero-order valence-corrected chi connectivity index (χ0v) is 14.9. The van der Waals surface area contributed by atoms with Gasteiger partial charge in [-0.2, -0.15) is 13.2 Å². The van der Waals surface area contributed by atoms with Crippen molar-refractivity contribution in [3.05, 3.63) is 69.3 Å². The molecule has 0 radical (unpaired) electrons. The van der Waals surface area contributed by atoms with Crippen molar-refractivity contribution < 1.29 is 36.4 Å². The Morgan fingerprint density at radius 1 is 1.14 bits per heavy atom. The topological polar surface area (TPSA) is 115 Å². The van der Waals surface area contributed by atoms with E-state index >= 15 is 0 Å². The van der Waals surface area contributed by atoms with Gasteiger partial charge in [0, 0.05) is 12.3 Å². The smallest absolute Gasteiger partial charge is 0.416 e. The van der Waals surface area contributed by atoms with E-state index in [1.54, 1.807) is 0 Å². The second kappa shape index (κ2) is 7.43. The second-order valence-corrected chi connectivity index (χ2v) is 7.71. The molecule has 0 saturated carbocycles. The standard InChI is InChI=1S/C17H12F3NO6S/c1-28(26,27)12-5-2-10(3-6-12)8-14(16(22)23)13-7-4-11(17(18,19)20)9-15(13)21(24)25/h2-9H,1H3,(H,22,23)/b14-8+. The molecule has 11 heteroatoms. The maximum Gasteiger partial charge on any atom is 0.416 e. The third-order valence-electron chi connectivity index (χ3n) is 3.66. The van der Waals surface area contributed by atoms with E-state index in [1.807, 2.05) is 0 Å². The van der Waals surface area contributed by atoms with Crippen LogP contribution in [0.1, 0.15) is 16.7 Å². The van der Waals surface area contributed by atoms with Gasteiger partial charge in [-0.15, -0.1) is 0 Å². The average Bonchev–Trinajstić information content (AvgIpc) is 2.57. The minimum atomic E-state index is -4.84. The van der Waals surface area contributed by atoms with Gasteiger partial charge in [-0.1, -0.05) is 12.1 Å². The number of rotatable bonds is 5. The summed E-state index contributed by atoms with van der Waals surface area (Å²) < 4.78 is 61.3. The van der Waals surface area contributed by atoms with Crippen LogP contribution in [0.15, 0.2) is 47.4 Å². The van der Waals surface area contributed by atoms with Gasteiger partial charge in [0.25, 0.3) is 5.69 Å². The Bertz CT molecular complexity index is 1070. The Kier molecular flexibility index (Phi) is 5.59. The summed E-state index contributed by atoms with van der Waals surface area (Å²) in [5.41, 5.74) is -3.24. The van der Waals surface area contributed by atoms with E-state index < -0.39 is 49.3 Å². The van der Waals surface area contributed by atoms with Gasteiger partial charge in [0.2, 0.25) is 0 Å². The van der Waals surface area contributed by atoms with E-state index in [4.69, 9.17) is 0 Å². The van der Waals surface area contributed by atoms with Crippen molar-refractivity contribution in [2.24, 2.45) is 0 Å². The molecule has 0 saturated heterocycles. The number of sulfone groups is 1. The highest BCUT2D eigenvalue weighted by Gasteiger charge is 2.34. The first-order chi connectivity index (χ1) is 12.8. The van der Waals surface area contributed by atoms with E-state index in [0.29, 0.717) is 12.1 Å². The lowest BCUT2D eigenvalue weighted by Crippen LogP contribution is -2.08. The number of nitrogens with zero attached hydrogens (tertiary/aromatic N) is 1. The van der Waals surface area contributed by atoms with Crippen LogP contribution in [0.3, 0.4) is 0 Å². The van der Waals surface area contributed by atoms with Gasteiger partial charge in [0.05, 0.1) is 26.5 Å². The summed E-state index contributed by atoms with van der Waals surface area (Å²) >= 11 is 0. The first-order valence-electron chi connectivity index (χ1n) is 7.42. The molecule has 7 nitrogen and oxygen atoms in total. The van der Waals surface area contributed by atoms with Crippen LogP contribution < -0.4 is 0 Å². The average molecular weight is 415 g/mol. The predicted molar refractivity (Wildman–Crippen MR) is 93.2 cm³/mol. The fourth-order valence-corrected chi connectivity index (χ4v) is 2.95. The van der Waals surface area contributed by atoms with Gasteiger partial charge in [-0.3, -0.25) is 10.1 Å². The van der Waals surface area contributed by atoms with Gasteiger partial charge in [-0.25, -0.2) is 13.2 Å². The molecule has 0 aliphatic rings. The minimum Gasteiger partial charge on any atom is -0.478 e. The lowest BCUT2D eigenvalue weighted by molar-refractivity contribution is -0.385. The number of aliphatic carboxylic acids is 1. The minimum absolute atomic E-state index is 0.0259. The van der Waals surface area contributed by atoms with E-state index in [9.17, 15) is 41.6 Å². The van der Waals surface area contributed by atoms with E-state index in [2.05, 4.69) is 0 Å². The second-order valence-electron chi connectivity index (χ2n) is 5.69. The highest BCUT2D eigenvalue weighted by molar-refractivity contribution is 7.90. The number of carboxylic acid groups (broad SMARTS) is 1. The first kappa shape index (κ1) is 21.1. The normalized spacial score (nSPS) is 12.6. The third-order valence-corrected chi connectivity index (χ3v) is 4.79. The van der Waals surface area contributed by atoms with Crippen molar-refractivity contribution in [2.45, 2.75) is 11.1 Å². The van der Waals surface area contributed by atoms with Crippen molar-refractivity contribution in [2.75, 3.05) is 6.26 Å². The monoisotopic (exact) mass is 415 g/mol. The highest BCUT2D eigenvalue weighted by Crippen LogP contribution is 2.35. The lowest BCUT2D eigenvalue weighted by atomic mass is 9.99. The Morgan fingerprint density at radius 3 is 2.14 bits per heavy atom. The molecule has 0 aromatic heterocycles. The fourth-order valence-electron chi connectivity index (χ4n) is 2.32. The molecule has 0 fully saturated rings. The molecule has 1 N–H and O–H groups in total. The molecular weight excluding hydrogens is 403 g/mol. The number of hydrogen-bond donors (Lipinski definition) is 1. The van der Waals surface area contributed by atoms with Gasteiger partial charge >= 0.3 is 12.1 Å². The lowest BCUT2D eigenvalue weighted by Gasteiger charge is -2.09. The summed E-state index contributed by atoms with van der Waals surface area (Å²) in [7, 11) is -3.49. The Balaban J connectivity index is 2.62. The Hall–Kier alpha value is -3.21. The molecule has 0 bridgehead atoms. The van der Waals surface area contributed by atoms with E-state index in [1.165, 1.54) is 24.3 Å². The van der Waals surface area contributed by atoms with Crippen LogP contribution in [0.2, 0.25) is 0 Å². The number of hydrogen-bond acceptors (Lipinski definition) is 5. The van der Waals surface area contributed by atoms with Gasteiger partial charge in [-0.05, 0) is 35.9 Å². The number of alkyl halides is 3. The summed E-state index contributed by atoms with van der Waals surface area (Å²) in [6.07, 6.45) is -2.85. The number of halogens is 3. The molecule has 2 aromatic carbocycles. The van der Waals surface area contributed by atoms with Crippen LogP contribution in [0, 0.1) is 10.1 Å². The highest BCUT2D eigenvalue weighted by atomic mass is 32.2. The van der Waals surface area contributed by atoms with Crippen molar-refractivity contribution in [3.8, 4) is 0 Å². The van der Waals surface area contributed by atoms with Crippen LogP contribution in [-0.4, -0.2) is 30.7 Å². The van der Waals surface area contributed by atoms with Crippen molar-refractivity contribution in [1.29, 1.82) is 0 Å². The molecule has 0 atom stereocenters. The largest absolute Gasteiger partial charge is 0.478 e. The van der Waals surface area contributed by atoms with Crippen LogP contribution in [0.4, 0.5) is 18.9 Å². The number of benzene rings is 2. The fraction of sp³-hybridized carbons (Fsp3) is 0.118.